The van der Waals surface area contributed by atoms with Crippen molar-refractivity contribution in [3.8, 4) is 11.1 Å². The van der Waals surface area contributed by atoms with Crippen molar-refractivity contribution in [2.24, 2.45) is 5.41 Å². The van der Waals surface area contributed by atoms with Crippen LogP contribution in [0.25, 0.3) is 11.1 Å². The van der Waals surface area contributed by atoms with Gasteiger partial charge in [0.05, 0.1) is 11.6 Å². The summed E-state index contributed by atoms with van der Waals surface area (Å²) in [5, 5.41) is 3.12. The van der Waals surface area contributed by atoms with Gasteiger partial charge >= 0.3 is 0 Å². The predicted molar refractivity (Wildman–Crippen MR) is 128 cm³/mol. The van der Waals surface area contributed by atoms with Crippen molar-refractivity contribution in [1.82, 2.24) is 20.2 Å². The Balaban J connectivity index is 1.51. The number of nitrogens with zero attached hydrogens (tertiary/aromatic N) is 3. The third-order valence-corrected chi connectivity index (χ3v) is 6.30. The van der Waals surface area contributed by atoms with Crippen molar-refractivity contribution in [3.63, 3.8) is 0 Å². The molecule has 4 rings (SSSR count). The van der Waals surface area contributed by atoms with Crippen molar-refractivity contribution >= 4 is 11.8 Å². The zero-order valence-electron chi connectivity index (χ0n) is 19.2. The third kappa shape index (κ3) is 5.28. The normalized spacial score (nSPS) is 15.3. The van der Waals surface area contributed by atoms with Gasteiger partial charge in [0, 0.05) is 31.5 Å². The van der Waals surface area contributed by atoms with Gasteiger partial charge in [-0.1, -0.05) is 54.6 Å². The highest BCUT2D eigenvalue weighted by Crippen LogP contribution is 2.36. The van der Waals surface area contributed by atoms with Crippen LogP contribution in [0, 0.1) is 5.41 Å². The van der Waals surface area contributed by atoms with E-state index in [1.807, 2.05) is 32.0 Å². The second-order valence-corrected chi connectivity index (χ2v) is 9.03. The lowest BCUT2D eigenvalue weighted by Crippen LogP contribution is -2.52. The highest BCUT2D eigenvalue weighted by atomic mass is 16.2. The Labute approximate surface area is 195 Å². The van der Waals surface area contributed by atoms with Crippen LogP contribution in [0.3, 0.4) is 0 Å². The van der Waals surface area contributed by atoms with Gasteiger partial charge in [0.1, 0.15) is 5.69 Å². The molecular formula is C27H30N4O2. The number of hydrogen-bond acceptors (Lipinski definition) is 4. The maximum Gasteiger partial charge on any atom is 0.274 e. The molecule has 2 amide bonds. The summed E-state index contributed by atoms with van der Waals surface area (Å²) in [7, 11) is 0. The van der Waals surface area contributed by atoms with Crippen molar-refractivity contribution in [2.45, 2.75) is 39.2 Å². The molecule has 0 aliphatic carbocycles. The average molecular weight is 443 g/mol. The lowest BCUT2D eigenvalue weighted by atomic mass is 9.72. The van der Waals surface area contributed by atoms with Gasteiger partial charge in [0.25, 0.3) is 5.91 Å². The topological polar surface area (TPSA) is 75.2 Å². The molecule has 2 aromatic carbocycles. The monoisotopic (exact) mass is 442 g/mol. The molecule has 1 fully saturated rings. The zero-order chi connectivity index (χ0) is 23.3. The van der Waals surface area contributed by atoms with E-state index in [-0.39, 0.29) is 17.9 Å². The molecule has 6 nitrogen and oxygen atoms in total. The number of carbonyl (C=O) groups is 2. The lowest BCUT2D eigenvalue weighted by Gasteiger charge is -2.41. The Morgan fingerprint density at radius 2 is 1.64 bits per heavy atom. The van der Waals surface area contributed by atoms with Gasteiger partial charge in [-0.25, -0.2) is 4.98 Å². The van der Waals surface area contributed by atoms with E-state index in [9.17, 15) is 9.59 Å². The summed E-state index contributed by atoms with van der Waals surface area (Å²) in [6, 6.07) is 18.8. The number of carbonyl (C=O) groups excluding carboxylic acids is 2. The zero-order valence-corrected chi connectivity index (χ0v) is 19.2. The molecule has 170 valence electrons. The average Bonchev–Trinajstić information content (AvgIpc) is 2.85. The largest absolute Gasteiger partial charge is 0.353 e. The molecule has 1 aliphatic heterocycles. The van der Waals surface area contributed by atoms with Gasteiger partial charge in [-0.15, -0.1) is 0 Å². The van der Waals surface area contributed by atoms with E-state index in [4.69, 9.17) is 0 Å². The highest BCUT2D eigenvalue weighted by molar-refractivity contribution is 5.92. The van der Waals surface area contributed by atoms with Crippen molar-refractivity contribution in [1.29, 1.82) is 0 Å². The molecule has 2 heterocycles. The summed E-state index contributed by atoms with van der Waals surface area (Å²) in [5.41, 5.74) is 3.25. The maximum atomic E-state index is 13.3. The summed E-state index contributed by atoms with van der Waals surface area (Å²) < 4.78 is 0. The fourth-order valence-electron chi connectivity index (χ4n) is 4.45. The van der Waals surface area contributed by atoms with Crippen LogP contribution in [-0.4, -0.2) is 45.8 Å². The quantitative estimate of drug-likeness (QED) is 0.623. The lowest BCUT2D eigenvalue weighted by molar-refractivity contribution is -0.134. The molecule has 1 saturated heterocycles. The molecule has 0 radical (unpaired) electrons. The maximum absolute atomic E-state index is 13.3. The molecule has 1 aromatic heterocycles. The Morgan fingerprint density at radius 1 is 0.970 bits per heavy atom. The van der Waals surface area contributed by atoms with Crippen LogP contribution in [0.4, 0.5) is 0 Å². The van der Waals surface area contributed by atoms with E-state index in [0.29, 0.717) is 38.0 Å². The number of aromatic nitrogens is 2. The summed E-state index contributed by atoms with van der Waals surface area (Å²) in [4.78, 5) is 36.1. The highest BCUT2D eigenvalue weighted by Gasteiger charge is 2.42. The molecule has 33 heavy (non-hydrogen) atoms. The standard InChI is InChI=1S/C27H30N4O2/c1-20(2)30-26(33)27(12-16-31(17-13-27)25(32)24-19-28-14-15-29-24)18-21-8-10-23(11-9-21)22-6-4-3-5-7-22/h3-11,14-15,19-20H,12-13,16-18H2,1-2H3,(H,30,33). The summed E-state index contributed by atoms with van der Waals surface area (Å²) in [6.07, 6.45) is 6.43. The van der Waals surface area contributed by atoms with Crippen LogP contribution in [0.5, 0.6) is 0 Å². The number of amides is 2. The predicted octanol–water partition coefficient (Wildman–Crippen LogP) is 4.13. The smallest absolute Gasteiger partial charge is 0.274 e. The fraction of sp³-hybridized carbons (Fsp3) is 0.333. The molecule has 0 unspecified atom stereocenters. The van der Waals surface area contributed by atoms with Gasteiger partial charge in [-0.05, 0) is 49.8 Å². The van der Waals surface area contributed by atoms with Gasteiger partial charge < -0.3 is 10.2 Å². The number of nitrogens with one attached hydrogen (secondary N) is 1. The van der Waals surface area contributed by atoms with Crippen molar-refractivity contribution < 1.29 is 9.59 Å². The molecule has 1 N–H and O–H groups in total. The van der Waals surface area contributed by atoms with Crippen molar-refractivity contribution in [2.75, 3.05) is 13.1 Å². The molecule has 0 atom stereocenters. The Bertz CT molecular complexity index is 1070. The molecule has 3 aromatic rings. The first kappa shape index (κ1) is 22.6. The number of rotatable bonds is 6. The van der Waals surface area contributed by atoms with E-state index in [0.717, 1.165) is 11.1 Å². The Morgan fingerprint density at radius 3 is 2.24 bits per heavy atom. The van der Waals surface area contributed by atoms with E-state index in [1.54, 1.807) is 11.1 Å². The van der Waals surface area contributed by atoms with E-state index in [1.165, 1.54) is 18.0 Å². The minimum Gasteiger partial charge on any atom is -0.353 e. The molecule has 0 saturated carbocycles. The molecule has 0 spiro atoms. The SMILES string of the molecule is CC(C)NC(=O)C1(Cc2ccc(-c3ccccc3)cc2)CCN(C(=O)c2cnccn2)CC1. The number of hydrogen-bond donors (Lipinski definition) is 1. The van der Waals surface area contributed by atoms with Crippen LogP contribution in [0.15, 0.2) is 73.2 Å². The van der Waals surface area contributed by atoms with Gasteiger partial charge in [-0.3, -0.25) is 14.6 Å². The summed E-state index contributed by atoms with van der Waals surface area (Å²) in [5.74, 6) is -0.0654. The molecule has 6 heteroatoms. The number of benzene rings is 2. The number of piperidine rings is 1. The van der Waals surface area contributed by atoms with Crippen LogP contribution in [0.1, 0.15) is 42.7 Å². The number of likely N-dealkylation sites (tertiary alicyclic amines) is 1. The van der Waals surface area contributed by atoms with Crippen LogP contribution in [0.2, 0.25) is 0 Å². The second-order valence-electron chi connectivity index (χ2n) is 9.03. The van der Waals surface area contributed by atoms with Crippen LogP contribution in [-0.2, 0) is 11.2 Å². The van der Waals surface area contributed by atoms with Gasteiger partial charge in [0.2, 0.25) is 5.91 Å². The van der Waals surface area contributed by atoms with E-state index >= 15 is 0 Å². The molecule has 0 bridgehead atoms. The first-order chi connectivity index (χ1) is 16.0. The van der Waals surface area contributed by atoms with Crippen LogP contribution >= 0.6 is 0 Å². The first-order valence-electron chi connectivity index (χ1n) is 11.5. The second kappa shape index (κ2) is 9.94. The van der Waals surface area contributed by atoms with Gasteiger partial charge in [0.15, 0.2) is 0 Å². The van der Waals surface area contributed by atoms with E-state index in [2.05, 4.69) is 51.7 Å². The Hall–Kier alpha value is -3.54. The molecule has 1 aliphatic rings. The summed E-state index contributed by atoms with van der Waals surface area (Å²) >= 11 is 0. The fourth-order valence-corrected chi connectivity index (χ4v) is 4.45. The minimum absolute atomic E-state index is 0.0640. The third-order valence-electron chi connectivity index (χ3n) is 6.30. The summed E-state index contributed by atoms with van der Waals surface area (Å²) in [6.45, 7) is 4.99. The van der Waals surface area contributed by atoms with Crippen molar-refractivity contribution in [3.05, 3.63) is 84.4 Å². The minimum atomic E-state index is -0.544. The Kier molecular flexibility index (Phi) is 6.82. The van der Waals surface area contributed by atoms with Crippen LogP contribution < -0.4 is 5.32 Å². The molecular weight excluding hydrogens is 412 g/mol. The van der Waals surface area contributed by atoms with E-state index < -0.39 is 5.41 Å². The van der Waals surface area contributed by atoms with Gasteiger partial charge in [-0.2, -0.15) is 0 Å². The first-order valence-corrected chi connectivity index (χ1v) is 11.5.